The van der Waals surface area contributed by atoms with Gasteiger partial charge in [-0.25, -0.2) is 4.79 Å². The minimum absolute atomic E-state index is 0.0924. The molecule has 0 atom stereocenters. The standard InChI is InChI=1S/C9H8FNO4/c1-2-5-6(9(12)13)3-4-7(8(5)10)11(14)15/h3-4H,2H2,1H3,(H,12,13). The second-order valence-corrected chi connectivity index (χ2v) is 2.84. The molecule has 0 aliphatic heterocycles. The van der Waals surface area contributed by atoms with Crippen LogP contribution >= 0.6 is 0 Å². The Morgan fingerprint density at radius 1 is 1.60 bits per heavy atom. The van der Waals surface area contributed by atoms with Crippen LogP contribution in [0.15, 0.2) is 12.1 Å². The molecule has 0 saturated carbocycles. The van der Waals surface area contributed by atoms with E-state index in [1.807, 2.05) is 0 Å². The van der Waals surface area contributed by atoms with Gasteiger partial charge >= 0.3 is 11.7 Å². The predicted molar refractivity (Wildman–Crippen MR) is 49.4 cm³/mol. The minimum Gasteiger partial charge on any atom is -0.478 e. The molecule has 0 bridgehead atoms. The summed E-state index contributed by atoms with van der Waals surface area (Å²) in [5.41, 5.74) is -1.07. The third kappa shape index (κ3) is 1.93. The molecule has 0 aliphatic carbocycles. The topological polar surface area (TPSA) is 80.4 Å². The van der Waals surface area contributed by atoms with E-state index in [0.717, 1.165) is 12.1 Å². The van der Waals surface area contributed by atoms with Gasteiger partial charge in [0.25, 0.3) is 0 Å². The Kier molecular flexibility index (Phi) is 2.99. The fraction of sp³-hybridized carbons (Fsp3) is 0.222. The van der Waals surface area contributed by atoms with Crippen LogP contribution in [0.25, 0.3) is 0 Å². The first-order chi connectivity index (χ1) is 6.99. The maximum absolute atomic E-state index is 13.4. The molecule has 0 spiro atoms. The Labute approximate surface area is 84.3 Å². The highest BCUT2D eigenvalue weighted by Crippen LogP contribution is 2.24. The molecule has 0 heterocycles. The number of carbonyl (C=O) groups is 1. The van der Waals surface area contributed by atoms with Crippen LogP contribution in [0, 0.1) is 15.9 Å². The smallest absolute Gasteiger partial charge is 0.336 e. The number of carboxylic acid groups (broad SMARTS) is 1. The molecule has 0 aliphatic rings. The van der Waals surface area contributed by atoms with Gasteiger partial charge < -0.3 is 5.11 Å². The predicted octanol–water partition coefficient (Wildman–Crippen LogP) is 1.99. The highest BCUT2D eigenvalue weighted by Gasteiger charge is 2.22. The number of benzene rings is 1. The Hall–Kier alpha value is -1.98. The van der Waals surface area contributed by atoms with Crippen molar-refractivity contribution in [2.45, 2.75) is 13.3 Å². The van der Waals surface area contributed by atoms with E-state index >= 15 is 0 Å². The highest BCUT2D eigenvalue weighted by molar-refractivity contribution is 5.89. The van der Waals surface area contributed by atoms with Crippen molar-refractivity contribution in [2.24, 2.45) is 0 Å². The molecule has 0 fully saturated rings. The van der Waals surface area contributed by atoms with Crippen LogP contribution in [0.4, 0.5) is 10.1 Å². The summed E-state index contributed by atoms with van der Waals surface area (Å²) in [5.74, 6) is -2.36. The first kappa shape index (κ1) is 11.1. The maximum atomic E-state index is 13.4. The highest BCUT2D eigenvalue weighted by atomic mass is 19.1. The van der Waals surface area contributed by atoms with Gasteiger partial charge in [-0.05, 0) is 12.5 Å². The second kappa shape index (κ2) is 4.04. The van der Waals surface area contributed by atoms with E-state index in [2.05, 4.69) is 0 Å². The van der Waals surface area contributed by atoms with E-state index in [0.29, 0.717) is 0 Å². The van der Waals surface area contributed by atoms with Gasteiger partial charge in [0.05, 0.1) is 10.5 Å². The van der Waals surface area contributed by atoms with E-state index in [9.17, 15) is 19.3 Å². The van der Waals surface area contributed by atoms with Crippen LogP contribution in [0.3, 0.4) is 0 Å². The minimum atomic E-state index is -1.29. The van der Waals surface area contributed by atoms with Crippen molar-refractivity contribution >= 4 is 11.7 Å². The summed E-state index contributed by atoms with van der Waals surface area (Å²) >= 11 is 0. The lowest BCUT2D eigenvalue weighted by Crippen LogP contribution is -2.06. The van der Waals surface area contributed by atoms with Crippen molar-refractivity contribution in [3.63, 3.8) is 0 Å². The van der Waals surface area contributed by atoms with Crippen LogP contribution < -0.4 is 0 Å². The number of halogens is 1. The number of carboxylic acids is 1. The largest absolute Gasteiger partial charge is 0.478 e. The van der Waals surface area contributed by atoms with E-state index in [4.69, 9.17) is 5.11 Å². The molecule has 1 aromatic carbocycles. The van der Waals surface area contributed by atoms with Crippen molar-refractivity contribution in [1.82, 2.24) is 0 Å². The van der Waals surface area contributed by atoms with Crippen molar-refractivity contribution in [3.05, 3.63) is 39.2 Å². The average molecular weight is 213 g/mol. The van der Waals surface area contributed by atoms with E-state index in [1.165, 1.54) is 6.92 Å². The molecule has 0 saturated heterocycles. The summed E-state index contributed by atoms with van der Waals surface area (Å²) in [5, 5.41) is 19.1. The summed E-state index contributed by atoms with van der Waals surface area (Å²) < 4.78 is 13.4. The maximum Gasteiger partial charge on any atom is 0.336 e. The molecule has 0 unspecified atom stereocenters. The molecule has 1 rings (SSSR count). The quantitative estimate of drug-likeness (QED) is 0.615. The van der Waals surface area contributed by atoms with Crippen LogP contribution in [-0.2, 0) is 6.42 Å². The van der Waals surface area contributed by atoms with Gasteiger partial charge in [0, 0.05) is 11.6 Å². The van der Waals surface area contributed by atoms with Gasteiger partial charge in [-0.1, -0.05) is 6.92 Å². The van der Waals surface area contributed by atoms with E-state index in [-0.39, 0.29) is 17.5 Å². The molecule has 80 valence electrons. The fourth-order valence-corrected chi connectivity index (χ4v) is 1.30. The summed E-state index contributed by atoms with van der Waals surface area (Å²) in [6, 6.07) is 1.90. The molecule has 0 amide bonds. The number of aromatic carboxylic acids is 1. The molecular weight excluding hydrogens is 205 g/mol. The first-order valence-corrected chi connectivity index (χ1v) is 4.18. The number of nitro groups is 1. The van der Waals surface area contributed by atoms with Gasteiger partial charge in [0.15, 0.2) is 0 Å². The number of hydrogen-bond acceptors (Lipinski definition) is 3. The van der Waals surface area contributed by atoms with Gasteiger partial charge in [-0.3, -0.25) is 10.1 Å². The summed E-state index contributed by atoms with van der Waals surface area (Å²) in [7, 11) is 0. The van der Waals surface area contributed by atoms with Gasteiger partial charge in [-0.2, -0.15) is 4.39 Å². The lowest BCUT2D eigenvalue weighted by Gasteiger charge is -2.04. The molecule has 0 radical (unpaired) electrons. The number of nitrogens with zero attached hydrogens (tertiary/aromatic N) is 1. The Balaban J connectivity index is 3.45. The van der Waals surface area contributed by atoms with Crippen molar-refractivity contribution in [1.29, 1.82) is 0 Å². The van der Waals surface area contributed by atoms with E-state index < -0.39 is 22.4 Å². The monoisotopic (exact) mass is 213 g/mol. The van der Waals surface area contributed by atoms with Gasteiger partial charge in [0.2, 0.25) is 5.82 Å². The summed E-state index contributed by atoms with van der Waals surface area (Å²) in [6.07, 6.45) is 0.0924. The van der Waals surface area contributed by atoms with Crippen molar-refractivity contribution < 1.29 is 19.2 Å². The van der Waals surface area contributed by atoms with Crippen LogP contribution in [0.1, 0.15) is 22.8 Å². The zero-order chi connectivity index (χ0) is 11.6. The van der Waals surface area contributed by atoms with Gasteiger partial charge in [0.1, 0.15) is 0 Å². The molecular formula is C9H8FNO4. The molecule has 6 heteroatoms. The third-order valence-electron chi connectivity index (χ3n) is 2.00. The lowest BCUT2D eigenvalue weighted by atomic mass is 10.0. The fourth-order valence-electron chi connectivity index (χ4n) is 1.30. The van der Waals surface area contributed by atoms with Crippen molar-refractivity contribution in [2.75, 3.05) is 0 Å². The average Bonchev–Trinajstić information content (AvgIpc) is 2.16. The zero-order valence-corrected chi connectivity index (χ0v) is 7.86. The summed E-state index contributed by atoms with van der Waals surface area (Å²) in [4.78, 5) is 20.2. The van der Waals surface area contributed by atoms with Gasteiger partial charge in [-0.15, -0.1) is 0 Å². The van der Waals surface area contributed by atoms with Crippen LogP contribution in [0.5, 0.6) is 0 Å². The van der Waals surface area contributed by atoms with Crippen molar-refractivity contribution in [3.8, 4) is 0 Å². The first-order valence-electron chi connectivity index (χ1n) is 4.18. The second-order valence-electron chi connectivity index (χ2n) is 2.84. The normalized spacial score (nSPS) is 10.0. The molecule has 15 heavy (non-hydrogen) atoms. The Morgan fingerprint density at radius 2 is 2.20 bits per heavy atom. The Morgan fingerprint density at radius 3 is 2.60 bits per heavy atom. The van der Waals surface area contributed by atoms with Crippen LogP contribution in [0.2, 0.25) is 0 Å². The third-order valence-corrected chi connectivity index (χ3v) is 2.00. The van der Waals surface area contributed by atoms with Crippen LogP contribution in [-0.4, -0.2) is 16.0 Å². The lowest BCUT2D eigenvalue weighted by molar-refractivity contribution is -0.387. The molecule has 1 N–H and O–H groups in total. The molecule has 1 aromatic rings. The number of nitro benzene ring substituents is 1. The SMILES string of the molecule is CCc1c(C(=O)O)ccc([N+](=O)[O-])c1F. The molecule has 5 nitrogen and oxygen atoms in total. The summed E-state index contributed by atoms with van der Waals surface area (Å²) in [6.45, 7) is 1.54. The Bertz CT molecular complexity index is 430. The molecule has 0 aromatic heterocycles. The zero-order valence-electron chi connectivity index (χ0n) is 7.86. The van der Waals surface area contributed by atoms with E-state index in [1.54, 1.807) is 0 Å². The number of rotatable bonds is 3. The number of hydrogen-bond donors (Lipinski definition) is 1.